The Hall–Kier alpha value is -1.63. The molecule has 0 aliphatic heterocycles. The molecule has 2 rings (SSSR count). The molecule has 0 fully saturated rings. The molecule has 0 bridgehead atoms. The number of benzene rings is 1. The van der Waals surface area contributed by atoms with E-state index in [-0.39, 0.29) is 0 Å². The molecule has 1 heterocycles. The lowest BCUT2D eigenvalue weighted by Crippen LogP contribution is -2.31. The van der Waals surface area contributed by atoms with E-state index in [0.717, 1.165) is 23.4 Å². The fraction of sp³-hybridized carbons (Fsp3) is 0.267. The quantitative estimate of drug-likeness (QED) is 0.482. The zero-order valence-electron chi connectivity index (χ0n) is 12.8. The zero-order valence-corrected chi connectivity index (χ0v) is 15.1. The molecule has 0 saturated carbocycles. The molecule has 23 heavy (non-hydrogen) atoms. The largest absolute Gasteiger partial charge is 0.362 e. The number of nitrogens with zero attached hydrogens (tertiary/aromatic N) is 3. The Morgan fingerprint density at radius 2 is 2.13 bits per heavy atom. The van der Waals surface area contributed by atoms with Crippen molar-refractivity contribution >= 4 is 46.7 Å². The van der Waals surface area contributed by atoms with E-state index in [2.05, 4.69) is 20.9 Å². The topological polar surface area (TPSA) is 54.2 Å². The van der Waals surface area contributed by atoms with E-state index < -0.39 is 0 Å². The van der Waals surface area contributed by atoms with Gasteiger partial charge in [0.2, 0.25) is 0 Å². The molecule has 0 amide bonds. The lowest BCUT2D eigenvalue weighted by molar-refractivity contribution is 0.680. The molecule has 0 saturated heterocycles. The summed E-state index contributed by atoms with van der Waals surface area (Å²) in [5, 5.41) is 13.1. The van der Waals surface area contributed by atoms with Crippen LogP contribution in [-0.2, 0) is 6.54 Å². The van der Waals surface area contributed by atoms with Crippen LogP contribution in [0, 0.1) is 6.92 Å². The van der Waals surface area contributed by atoms with E-state index in [4.69, 9.17) is 35.4 Å². The van der Waals surface area contributed by atoms with E-state index in [9.17, 15) is 0 Å². The number of aryl methyl sites for hydroxylation is 1. The summed E-state index contributed by atoms with van der Waals surface area (Å²) >= 11 is 17.6. The van der Waals surface area contributed by atoms with Gasteiger partial charge < -0.3 is 5.32 Å². The fourth-order valence-electron chi connectivity index (χ4n) is 1.96. The van der Waals surface area contributed by atoms with Crippen LogP contribution in [0.5, 0.6) is 0 Å². The van der Waals surface area contributed by atoms with Crippen molar-refractivity contribution in [2.45, 2.75) is 20.4 Å². The number of thiocarbonyl (C=S) groups is 1. The molecule has 2 aromatic rings. The first-order valence-electron chi connectivity index (χ1n) is 7.06. The van der Waals surface area contributed by atoms with E-state index in [1.165, 1.54) is 0 Å². The van der Waals surface area contributed by atoms with Gasteiger partial charge in [-0.15, -0.1) is 0 Å². The number of nitrogens with one attached hydrogen (secondary N) is 2. The highest BCUT2D eigenvalue weighted by Gasteiger charge is 2.13. The molecule has 1 aromatic heterocycles. The predicted molar refractivity (Wildman–Crippen MR) is 99.5 cm³/mol. The minimum Gasteiger partial charge on any atom is -0.362 e. The van der Waals surface area contributed by atoms with Crippen LogP contribution in [0.1, 0.15) is 23.7 Å². The van der Waals surface area contributed by atoms with Crippen molar-refractivity contribution in [3.63, 3.8) is 0 Å². The van der Waals surface area contributed by atoms with Crippen molar-refractivity contribution in [1.82, 2.24) is 20.5 Å². The maximum absolute atomic E-state index is 6.40. The Morgan fingerprint density at radius 3 is 2.83 bits per heavy atom. The van der Waals surface area contributed by atoms with Crippen LogP contribution in [0.3, 0.4) is 0 Å². The lowest BCUT2D eigenvalue weighted by Gasteiger charge is -2.05. The van der Waals surface area contributed by atoms with Crippen LogP contribution in [0.15, 0.2) is 29.4 Å². The predicted octanol–water partition coefficient (Wildman–Crippen LogP) is 3.36. The van der Waals surface area contributed by atoms with Crippen LogP contribution in [-0.4, -0.2) is 27.7 Å². The molecule has 8 heteroatoms. The van der Waals surface area contributed by atoms with Crippen molar-refractivity contribution < 1.29 is 0 Å². The maximum atomic E-state index is 6.40. The summed E-state index contributed by atoms with van der Waals surface area (Å²) < 4.78 is 1.70. The molecule has 1 aromatic carbocycles. The Labute approximate surface area is 150 Å². The van der Waals surface area contributed by atoms with E-state index >= 15 is 0 Å². The fourth-order valence-corrected chi connectivity index (χ4v) is 2.64. The molecule has 0 aliphatic carbocycles. The third-order valence-corrected chi connectivity index (χ3v) is 4.09. The molecule has 0 aliphatic rings. The highest BCUT2D eigenvalue weighted by Crippen LogP contribution is 2.22. The van der Waals surface area contributed by atoms with Gasteiger partial charge in [-0.1, -0.05) is 41.4 Å². The zero-order chi connectivity index (χ0) is 16.8. The van der Waals surface area contributed by atoms with Crippen molar-refractivity contribution in [3.05, 3.63) is 51.3 Å². The van der Waals surface area contributed by atoms with Gasteiger partial charge in [0.05, 0.1) is 24.0 Å². The second-order valence-corrected chi connectivity index (χ2v) is 5.94. The maximum Gasteiger partial charge on any atom is 0.186 e. The second-order valence-electron chi connectivity index (χ2n) is 4.77. The Kier molecular flexibility index (Phi) is 6.38. The first-order valence-corrected chi connectivity index (χ1v) is 8.22. The number of halogens is 2. The summed E-state index contributed by atoms with van der Waals surface area (Å²) in [7, 11) is 0. The summed E-state index contributed by atoms with van der Waals surface area (Å²) in [4.78, 5) is 0. The van der Waals surface area contributed by atoms with Crippen LogP contribution in [0.4, 0.5) is 0 Å². The lowest BCUT2D eigenvalue weighted by atomic mass is 10.2. The monoisotopic (exact) mass is 369 g/mol. The average Bonchev–Trinajstić information content (AvgIpc) is 2.77. The summed E-state index contributed by atoms with van der Waals surface area (Å²) in [6.45, 7) is 5.06. The van der Waals surface area contributed by atoms with Gasteiger partial charge in [0.25, 0.3) is 0 Å². The molecule has 122 valence electrons. The third kappa shape index (κ3) is 4.67. The van der Waals surface area contributed by atoms with Gasteiger partial charge in [-0.2, -0.15) is 10.2 Å². The van der Waals surface area contributed by atoms with Gasteiger partial charge in [0.1, 0.15) is 5.15 Å². The van der Waals surface area contributed by atoms with Crippen LogP contribution in [0.25, 0.3) is 0 Å². The smallest absolute Gasteiger partial charge is 0.186 e. The Bertz CT molecular complexity index is 727. The van der Waals surface area contributed by atoms with Gasteiger partial charge in [0.15, 0.2) is 5.11 Å². The number of hydrogen-bond donors (Lipinski definition) is 2. The second kappa shape index (κ2) is 8.29. The van der Waals surface area contributed by atoms with Gasteiger partial charge in [-0.25, -0.2) is 4.68 Å². The highest BCUT2D eigenvalue weighted by atomic mass is 35.5. The summed E-state index contributed by atoms with van der Waals surface area (Å²) in [6, 6.07) is 7.60. The number of hydrazone groups is 1. The first kappa shape index (κ1) is 17.7. The molecule has 0 unspecified atom stereocenters. The Balaban J connectivity index is 2.15. The van der Waals surface area contributed by atoms with Gasteiger partial charge in [-0.3, -0.25) is 5.43 Å². The van der Waals surface area contributed by atoms with Gasteiger partial charge in [0, 0.05) is 11.6 Å². The Morgan fingerprint density at radius 1 is 1.39 bits per heavy atom. The molecular weight excluding hydrogens is 353 g/mol. The molecule has 0 atom stereocenters. The van der Waals surface area contributed by atoms with E-state index in [1.54, 1.807) is 10.9 Å². The number of hydrogen-bond acceptors (Lipinski definition) is 3. The molecule has 0 spiro atoms. The van der Waals surface area contributed by atoms with Crippen molar-refractivity contribution in [2.24, 2.45) is 5.10 Å². The molecule has 0 radical (unpaired) electrons. The van der Waals surface area contributed by atoms with Gasteiger partial charge in [-0.05, 0) is 37.7 Å². The van der Waals surface area contributed by atoms with Crippen LogP contribution < -0.4 is 10.7 Å². The number of rotatable bonds is 5. The standard InChI is InChI=1S/C15H17Cl2N5S/c1-3-18-15(23)20-19-8-12-10(2)21-22(14(12)17)9-11-6-4-5-7-13(11)16/h4-8H,3,9H2,1-2H3,(H2,18,20,23)/b19-8-. The summed E-state index contributed by atoms with van der Waals surface area (Å²) in [6.07, 6.45) is 1.61. The first-order chi connectivity index (χ1) is 11.0. The third-order valence-electron chi connectivity index (χ3n) is 3.08. The van der Waals surface area contributed by atoms with Crippen molar-refractivity contribution in [3.8, 4) is 0 Å². The van der Waals surface area contributed by atoms with Crippen LogP contribution in [0.2, 0.25) is 10.2 Å². The molecule has 5 nitrogen and oxygen atoms in total. The van der Waals surface area contributed by atoms with Gasteiger partial charge >= 0.3 is 0 Å². The average molecular weight is 370 g/mol. The summed E-state index contributed by atoms with van der Waals surface area (Å²) in [5.41, 5.74) is 5.20. The molecular formula is C15H17Cl2N5S. The summed E-state index contributed by atoms with van der Waals surface area (Å²) in [5.74, 6) is 0. The van der Waals surface area contributed by atoms with E-state index in [0.29, 0.717) is 21.8 Å². The van der Waals surface area contributed by atoms with Crippen molar-refractivity contribution in [1.29, 1.82) is 0 Å². The van der Waals surface area contributed by atoms with Crippen molar-refractivity contribution in [2.75, 3.05) is 6.54 Å². The number of aromatic nitrogens is 2. The van der Waals surface area contributed by atoms with E-state index in [1.807, 2.05) is 38.1 Å². The minimum atomic E-state index is 0.459. The highest BCUT2D eigenvalue weighted by molar-refractivity contribution is 7.80. The molecule has 2 N–H and O–H groups in total. The normalized spacial score (nSPS) is 11.0. The minimum absolute atomic E-state index is 0.459. The van der Waals surface area contributed by atoms with Crippen LogP contribution >= 0.6 is 35.4 Å². The SMILES string of the molecule is CCNC(=S)N/N=C\c1c(C)nn(Cc2ccccc2Cl)c1Cl.